The van der Waals surface area contributed by atoms with Crippen molar-refractivity contribution in [2.75, 3.05) is 5.73 Å². The maximum Gasteiger partial charge on any atom is 0.200 e. The summed E-state index contributed by atoms with van der Waals surface area (Å²) in [4.78, 5) is 0. The van der Waals surface area contributed by atoms with Crippen molar-refractivity contribution in [2.24, 2.45) is 0 Å². The van der Waals surface area contributed by atoms with Gasteiger partial charge in [0.25, 0.3) is 0 Å². The lowest BCUT2D eigenvalue weighted by Crippen LogP contribution is -1.99. The zero-order chi connectivity index (χ0) is 13.2. The molecule has 3 N–H and O–H groups in total. The van der Waals surface area contributed by atoms with E-state index in [1.807, 2.05) is 59.2 Å². The SMILES string of the molecule is Nc1ccccc1-c1n[nH]c(=S)n1-c1ccccc1. The van der Waals surface area contributed by atoms with Gasteiger partial charge >= 0.3 is 0 Å². The fraction of sp³-hybridized carbons (Fsp3) is 0. The number of para-hydroxylation sites is 2. The lowest BCUT2D eigenvalue weighted by Gasteiger charge is -2.08. The normalized spacial score (nSPS) is 10.5. The fourth-order valence-corrected chi connectivity index (χ4v) is 2.23. The molecule has 0 saturated carbocycles. The van der Waals surface area contributed by atoms with Crippen LogP contribution in [0.2, 0.25) is 0 Å². The van der Waals surface area contributed by atoms with Crippen LogP contribution in [-0.4, -0.2) is 14.8 Å². The smallest absolute Gasteiger partial charge is 0.200 e. The van der Waals surface area contributed by atoms with Crippen LogP contribution in [0.1, 0.15) is 0 Å². The summed E-state index contributed by atoms with van der Waals surface area (Å²) in [5.74, 6) is 0.717. The van der Waals surface area contributed by atoms with Gasteiger partial charge in [-0.2, -0.15) is 5.10 Å². The number of nitrogens with one attached hydrogen (secondary N) is 1. The van der Waals surface area contributed by atoms with Gasteiger partial charge in [-0.15, -0.1) is 0 Å². The number of nitrogen functional groups attached to an aromatic ring is 1. The molecule has 0 aliphatic carbocycles. The number of hydrogen-bond donors (Lipinski definition) is 2. The molecule has 0 aliphatic rings. The van der Waals surface area contributed by atoms with Gasteiger partial charge in [0.2, 0.25) is 0 Å². The molecule has 5 heteroatoms. The minimum Gasteiger partial charge on any atom is -0.398 e. The summed E-state index contributed by atoms with van der Waals surface area (Å²) in [6, 6.07) is 17.4. The number of aromatic nitrogens is 3. The van der Waals surface area contributed by atoms with Crippen LogP contribution >= 0.6 is 12.2 Å². The highest BCUT2D eigenvalue weighted by Gasteiger charge is 2.12. The van der Waals surface area contributed by atoms with E-state index in [1.165, 1.54) is 0 Å². The van der Waals surface area contributed by atoms with Gasteiger partial charge < -0.3 is 5.73 Å². The van der Waals surface area contributed by atoms with Crippen molar-refractivity contribution in [3.8, 4) is 17.1 Å². The maximum absolute atomic E-state index is 6.01. The van der Waals surface area contributed by atoms with Crippen molar-refractivity contribution in [3.63, 3.8) is 0 Å². The average Bonchev–Trinajstić information content (AvgIpc) is 2.82. The molecule has 19 heavy (non-hydrogen) atoms. The van der Waals surface area contributed by atoms with Crippen molar-refractivity contribution in [1.29, 1.82) is 0 Å². The van der Waals surface area contributed by atoms with Crippen LogP contribution in [0.5, 0.6) is 0 Å². The summed E-state index contributed by atoms with van der Waals surface area (Å²) < 4.78 is 2.42. The second kappa shape index (κ2) is 4.70. The van der Waals surface area contributed by atoms with E-state index in [1.54, 1.807) is 0 Å². The van der Waals surface area contributed by atoms with Crippen LogP contribution in [0.4, 0.5) is 5.69 Å². The molecule has 4 nitrogen and oxygen atoms in total. The van der Waals surface area contributed by atoms with E-state index < -0.39 is 0 Å². The first kappa shape index (κ1) is 11.7. The standard InChI is InChI=1S/C14H12N4S/c15-12-9-5-4-8-11(12)13-16-17-14(19)18(13)10-6-2-1-3-7-10/h1-9H,15H2,(H,17,19). The summed E-state index contributed by atoms with van der Waals surface area (Å²) in [5.41, 5.74) is 8.50. The van der Waals surface area contributed by atoms with Crippen LogP contribution in [0.15, 0.2) is 54.6 Å². The van der Waals surface area contributed by atoms with Gasteiger partial charge in [0.15, 0.2) is 10.6 Å². The van der Waals surface area contributed by atoms with E-state index in [9.17, 15) is 0 Å². The predicted octanol–water partition coefficient (Wildman–Crippen LogP) is 3.18. The summed E-state index contributed by atoms with van der Waals surface area (Å²) in [6.45, 7) is 0. The third kappa shape index (κ3) is 2.04. The summed E-state index contributed by atoms with van der Waals surface area (Å²) >= 11 is 5.30. The van der Waals surface area contributed by atoms with E-state index >= 15 is 0 Å². The third-order valence-corrected chi connectivity index (χ3v) is 3.16. The van der Waals surface area contributed by atoms with E-state index in [0.29, 0.717) is 16.3 Å². The lowest BCUT2D eigenvalue weighted by molar-refractivity contribution is 1.04. The molecule has 3 aromatic rings. The Hall–Kier alpha value is -2.40. The largest absolute Gasteiger partial charge is 0.398 e. The average molecular weight is 268 g/mol. The molecule has 0 spiro atoms. The highest BCUT2D eigenvalue weighted by atomic mass is 32.1. The quantitative estimate of drug-likeness (QED) is 0.554. The number of H-pyrrole nitrogens is 1. The van der Waals surface area contributed by atoms with Gasteiger partial charge in [-0.05, 0) is 36.5 Å². The Morgan fingerprint density at radius 1 is 1.00 bits per heavy atom. The van der Waals surface area contributed by atoms with Gasteiger partial charge in [-0.1, -0.05) is 30.3 Å². The number of benzene rings is 2. The molecule has 0 fully saturated rings. The van der Waals surface area contributed by atoms with Gasteiger partial charge in [-0.25, -0.2) is 0 Å². The molecule has 3 rings (SSSR count). The maximum atomic E-state index is 6.01. The molecule has 0 saturated heterocycles. The first-order valence-electron chi connectivity index (χ1n) is 5.85. The Balaban J connectivity index is 2.26. The number of nitrogens with two attached hydrogens (primary N) is 1. The highest BCUT2D eigenvalue weighted by molar-refractivity contribution is 7.71. The van der Waals surface area contributed by atoms with E-state index in [4.69, 9.17) is 18.0 Å². The van der Waals surface area contributed by atoms with Gasteiger partial charge in [0.1, 0.15) is 0 Å². The van der Waals surface area contributed by atoms with Crippen molar-refractivity contribution >= 4 is 17.9 Å². The van der Waals surface area contributed by atoms with Gasteiger partial charge in [0.05, 0.1) is 0 Å². The fourth-order valence-electron chi connectivity index (χ4n) is 1.99. The van der Waals surface area contributed by atoms with Crippen molar-refractivity contribution in [2.45, 2.75) is 0 Å². The molecule has 0 aliphatic heterocycles. The van der Waals surface area contributed by atoms with E-state index in [0.717, 1.165) is 11.3 Å². The zero-order valence-corrected chi connectivity index (χ0v) is 10.9. The molecular weight excluding hydrogens is 256 g/mol. The topological polar surface area (TPSA) is 59.6 Å². The third-order valence-electron chi connectivity index (χ3n) is 2.89. The Kier molecular flexibility index (Phi) is 2.89. The van der Waals surface area contributed by atoms with Crippen molar-refractivity contribution in [1.82, 2.24) is 14.8 Å². The Morgan fingerprint density at radius 3 is 2.42 bits per heavy atom. The zero-order valence-electron chi connectivity index (χ0n) is 10.1. The predicted molar refractivity (Wildman–Crippen MR) is 78.6 cm³/mol. The van der Waals surface area contributed by atoms with E-state index in [2.05, 4.69) is 10.2 Å². The number of anilines is 1. The van der Waals surface area contributed by atoms with E-state index in [-0.39, 0.29) is 0 Å². The molecule has 0 unspecified atom stereocenters. The molecular formula is C14H12N4S. The molecule has 0 bridgehead atoms. The van der Waals surface area contributed by atoms with Crippen LogP contribution in [0, 0.1) is 4.77 Å². The summed E-state index contributed by atoms with van der Waals surface area (Å²) in [6.07, 6.45) is 0. The molecule has 1 aromatic heterocycles. The number of aromatic amines is 1. The van der Waals surface area contributed by atoms with Crippen LogP contribution < -0.4 is 5.73 Å². The van der Waals surface area contributed by atoms with Gasteiger partial charge in [0, 0.05) is 16.9 Å². The first-order valence-corrected chi connectivity index (χ1v) is 6.26. The van der Waals surface area contributed by atoms with Crippen LogP contribution in [0.25, 0.3) is 17.1 Å². The van der Waals surface area contributed by atoms with Gasteiger partial charge in [-0.3, -0.25) is 9.67 Å². The molecule has 1 heterocycles. The monoisotopic (exact) mass is 268 g/mol. The molecule has 0 radical (unpaired) electrons. The minimum absolute atomic E-state index is 0.546. The highest BCUT2D eigenvalue weighted by Crippen LogP contribution is 2.26. The summed E-state index contributed by atoms with van der Waals surface area (Å²) in [5, 5.41) is 7.11. The second-order valence-corrected chi connectivity index (χ2v) is 4.50. The van der Waals surface area contributed by atoms with Crippen molar-refractivity contribution in [3.05, 3.63) is 59.4 Å². The van der Waals surface area contributed by atoms with Crippen LogP contribution in [0.3, 0.4) is 0 Å². The molecule has 94 valence electrons. The summed E-state index contributed by atoms with van der Waals surface area (Å²) in [7, 11) is 0. The number of rotatable bonds is 2. The molecule has 2 aromatic carbocycles. The van der Waals surface area contributed by atoms with Crippen LogP contribution in [-0.2, 0) is 0 Å². The Morgan fingerprint density at radius 2 is 1.68 bits per heavy atom. The second-order valence-electron chi connectivity index (χ2n) is 4.11. The lowest BCUT2D eigenvalue weighted by atomic mass is 10.1. The Bertz CT molecular complexity index is 758. The number of hydrogen-bond acceptors (Lipinski definition) is 3. The minimum atomic E-state index is 0.546. The first-order chi connectivity index (χ1) is 9.27. The van der Waals surface area contributed by atoms with Crippen molar-refractivity contribution < 1.29 is 0 Å². The molecule has 0 amide bonds. The Labute approximate surface area is 115 Å². The molecule has 0 atom stereocenters. The number of nitrogens with zero attached hydrogens (tertiary/aromatic N) is 2.